The molecule has 0 rings (SSSR count). The average molecular weight is 883 g/mol. The average Bonchev–Trinajstić information content (AvgIpc) is 3.29. The molecule has 0 amide bonds. The third-order valence-corrected chi connectivity index (χ3v) is 10.1. The second kappa shape index (κ2) is 51.2. The lowest BCUT2D eigenvalue weighted by Crippen LogP contribution is -2.30. The molecule has 0 saturated heterocycles. The molecule has 358 valence electrons. The maximum Gasteiger partial charge on any atom is 0.306 e. The largest absolute Gasteiger partial charge is 0.462 e. The first kappa shape index (κ1) is 59.5. The molecule has 0 aliphatic carbocycles. The van der Waals surface area contributed by atoms with Crippen LogP contribution >= 0.6 is 0 Å². The molecule has 0 aliphatic rings. The number of carbonyl (C=O) groups excluding carboxylic acids is 3. The number of carbonyl (C=O) groups is 3. The van der Waals surface area contributed by atoms with E-state index < -0.39 is 6.10 Å². The minimum absolute atomic E-state index is 0.108. The van der Waals surface area contributed by atoms with Gasteiger partial charge < -0.3 is 14.2 Å². The Hall–Kier alpha value is -4.45. The van der Waals surface area contributed by atoms with Crippen molar-refractivity contribution < 1.29 is 28.6 Å². The maximum atomic E-state index is 12.8. The van der Waals surface area contributed by atoms with Crippen molar-refractivity contribution in [2.24, 2.45) is 0 Å². The standard InChI is InChI=1S/C58H90O6/c1-4-7-10-13-16-19-22-24-26-28-29-30-32-33-36-39-42-45-48-51-57(60)63-54-55(53-62-56(59)50-47-44-41-38-35-21-18-15-12-9-6-3)64-58(61)52-49-46-43-40-37-34-31-27-25-23-20-17-14-11-8-5-2/h7-8,10-11,13,15-20,22,24-30,32-33,36,55H,4-6,9,12,14,21,23,31,34-35,37-54H2,1-3H3/b10-7-,11-8-,16-13-,18-15-,20-17-,22-19-,26-24-,27-25-,29-28+,32-30-,36-33-. The van der Waals surface area contributed by atoms with Crippen molar-refractivity contribution in [1.29, 1.82) is 0 Å². The summed E-state index contributed by atoms with van der Waals surface area (Å²) in [5.41, 5.74) is 0. The number of allylic oxidation sites excluding steroid dienone is 22. The maximum absolute atomic E-state index is 12.8. The van der Waals surface area contributed by atoms with E-state index in [2.05, 4.69) is 81.5 Å². The Morgan fingerprint density at radius 1 is 0.344 bits per heavy atom. The molecular weight excluding hydrogens is 793 g/mol. The Bertz CT molecular complexity index is 1430. The predicted octanol–water partition coefficient (Wildman–Crippen LogP) is 16.7. The van der Waals surface area contributed by atoms with Gasteiger partial charge in [0.15, 0.2) is 6.10 Å². The summed E-state index contributed by atoms with van der Waals surface area (Å²) in [4.78, 5) is 37.9. The van der Waals surface area contributed by atoms with Crippen LogP contribution in [-0.4, -0.2) is 37.2 Å². The van der Waals surface area contributed by atoms with E-state index in [1.54, 1.807) is 0 Å². The van der Waals surface area contributed by atoms with Crippen LogP contribution < -0.4 is 0 Å². The van der Waals surface area contributed by atoms with Crippen LogP contribution in [0.15, 0.2) is 134 Å². The molecule has 6 heteroatoms. The molecule has 0 fully saturated rings. The molecule has 0 bridgehead atoms. The van der Waals surface area contributed by atoms with Gasteiger partial charge in [0.05, 0.1) is 0 Å². The summed E-state index contributed by atoms with van der Waals surface area (Å²) in [7, 11) is 0. The van der Waals surface area contributed by atoms with Crippen LogP contribution in [0, 0.1) is 0 Å². The number of hydrogen-bond donors (Lipinski definition) is 0. The summed E-state index contributed by atoms with van der Waals surface area (Å²) in [6.07, 6.45) is 71.4. The SMILES string of the molecule is CC\C=C/C=C\C=C/C=C\C=C\C=C/C=C\CCCCCC(=O)OCC(COC(=O)CCCCCCC/C=C\CCCC)OC(=O)CCCCCCCC/C=C\C/C=C\C/C=C\CC. The van der Waals surface area contributed by atoms with E-state index >= 15 is 0 Å². The zero-order chi connectivity index (χ0) is 46.5. The van der Waals surface area contributed by atoms with Gasteiger partial charge in [-0.15, -0.1) is 0 Å². The molecule has 0 heterocycles. The summed E-state index contributed by atoms with van der Waals surface area (Å²) in [6, 6.07) is 0. The first-order valence-corrected chi connectivity index (χ1v) is 25.3. The molecule has 0 N–H and O–H groups in total. The van der Waals surface area contributed by atoms with Crippen LogP contribution in [0.5, 0.6) is 0 Å². The second-order valence-electron chi connectivity index (χ2n) is 16.1. The summed E-state index contributed by atoms with van der Waals surface area (Å²) in [5.74, 6) is -0.988. The first-order valence-electron chi connectivity index (χ1n) is 25.3. The number of rotatable bonds is 43. The monoisotopic (exact) mass is 883 g/mol. The molecule has 0 radical (unpaired) electrons. The molecule has 6 nitrogen and oxygen atoms in total. The minimum atomic E-state index is -0.812. The Labute approximate surface area is 392 Å². The summed E-state index contributed by atoms with van der Waals surface area (Å²) < 4.78 is 16.7. The van der Waals surface area contributed by atoms with E-state index in [1.165, 1.54) is 38.5 Å². The van der Waals surface area contributed by atoms with Crippen LogP contribution in [0.25, 0.3) is 0 Å². The molecular formula is C58H90O6. The third kappa shape index (κ3) is 48.6. The van der Waals surface area contributed by atoms with Gasteiger partial charge in [0, 0.05) is 19.3 Å². The topological polar surface area (TPSA) is 78.9 Å². The molecule has 0 aromatic heterocycles. The van der Waals surface area contributed by atoms with Crippen molar-refractivity contribution in [2.75, 3.05) is 13.2 Å². The fourth-order valence-electron chi connectivity index (χ4n) is 6.30. The van der Waals surface area contributed by atoms with Gasteiger partial charge >= 0.3 is 17.9 Å². The van der Waals surface area contributed by atoms with Gasteiger partial charge in [-0.25, -0.2) is 0 Å². The Kier molecular flexibility index (Phi) is 47.6. The summed E-state index contributed by atoms with van der Waals surface area (Å²) in [6.45, 7) is 6.26. The van der Waals surface area contributed by atoms with E-state index in [0.29, 0.717) is 19.3 Å². The van der Waals surface area contributed by atoms with E-state index in [0.717, 1.165) is 116 Å². The van der Waals surface area contributed by atoms with Crippen molar-refractivity contribution in [3.8, 4) is 0 Å². The quantitative estimate of drug-likeness (QED) is 0.0200. The lowest BCUT2D eigenvalue weighted by molar-refractivity contribution is -0.167. The smallest absolute Gasteiger partial charge is 0.306 e. The fourth-order valence-corrected chi connectivity index (χ4v) is 6.30. The normalized spacial score (nSPS) is 13.2. The number of hydrogen-bond acceptors (Lipinski definition) is 6. The molecule has 64 heavy (non-hydrogen) atoms. The molecule has 0 spiro atoms. The van der Waals surface area contributed by atoms with Gasteiger partial charge in [-0.2, -0.15) is 0 Å². The van der Waals surface area contributed by atoms with Gasteiger partial charge in [0.1, 0.15) is 13.2 Å². The molecule has 1 unspecified atom stereocenters. The van der Waals surface area contributed by atoms with Crippen LogP contribution in [0.3, 0.4) is 0 Å². The number of unbranched alkanes of at least 4 members (excludes halogenated alkanes) is 16. The summed E-state index contributed by atoms with van der Waals surface area (Å²) in [5, 5.41) is 0. The molecule has 1 atom stereocenters. The van der Waals surface area contributed by atoms with Crippen LogP contribution in [0.4, 0.5) is 0 Å². The highest BCUT2D eigenvalue weighted by atomic mass is 16.6. The molecule has 0 aromatic carbocycles. The Morgan fingerprint density at radius 2 is 0.688 bits per heavy atom. The van der Waals surface area contributed by atoms with Gasteiger partial charge in [-0.3, -0.25) is 14.4 Å². The van der Waals surface area contributed by atoms with Crippen LogP contribution in [0.1, 0.15) is 194 Å². The molecule has 0 aliphatic heterocycles. The predicted molar refractivity (Wildman–Crippen MR) is 274 cm³/mol. The highest BCUT2D eigenvalue weighted by Gasteiger charge is 2.19. The Balaban J connectivity index is 4.54. The van der Waals surface area contributed by atoms with E-state index in [-0.39, 0.29) is 31.1 Å². The molecule has 0 aromatic rings. The number of ether oxygens (including phenoxy) is 3. The van der Waals surface area contributed by atoms with Gasteiger partial charge in [0.25, 0.3) is 0 Å². The number of esters is 3. The van der Waals surface area contributed by atoms with Crippen LogP contribution in [0.2, 0.25) is 0 Å². The third-order valence-electron chi connectivity index (χ3n) is 10.1. The van der Waals surface area contributed by atoms with E-state index in [9.17, 15) is 14.4 Å². The Morgan fingerprint density at radius 3 is 1.17 bits per heavy atom. The van der Waals surface area contributed by atoms with Crippen molar-refractivity contribution in [1.82, 2.24) is 0 Å². The van der Waals surface area contributed by atoms with Crippen LogP contribution in [-0.2, 0) is 28.6 Å². The zero-order valence-corrected chi connectivity index (χ0v) is 40.7. The van der Waals surface area contributed by atoms with Gasteiger partial charge in [-0.05, 0) is 89.9 Å². The van der Waals surface area contributed by atoms with Crippen molar-refractivity contribution in [3.05, 3.63) is 134 Å². The van der Waals surface area contributed by atoms with E-state index in [4.69, 9.17) is 14.2 Å². The fraction of sp³-hybridized carbons (Fsp3) is 0.569. The van der Waals surface area contributed by atoms with E-state index in [1.807, 2.05) is 72.9 Å². The lowest BCUT2D eigenvalue weighted by atomic mass is 10.1. The highest BCUT2D eigenvalue weighted by molar-refractivity contribution is 5.71. The van der Waals surface area contributed by atoms with Crippen molar-refractivity contribution in [3.63, 3.8) is 0 Å². The zero-order valence-electron chi connectivity index (χ0n) is 40.7. The summed E-state index contributed by atoms with van der Waals surface area (Å²) >= 11 is 0. The van der Waals surface area contributed by atoms with Crippen molar-refractivity contribution in [2.45, 2.75) is 200 Å². The highest BCUT2D eigenvalue weighted by Crippen LogP contribution is 2.13. The first-order chi connectivity index (χ1) is 31.5. The molecule has 0 saturated carbocycles. The van der Waals surface area contributed by atoms with Crippen molar-refractivity contribution >= 4 is 17.9 Å². The second-order valence-corrected chi connectivity index (χ2v) is 16.1. The minimum Gasteiger partial charge on any atom is -0.462 e. The van der Waals surface area contributed by atoms with Gasteiger partial charge in [-0.1, -0.05) is 219 Å². The van der Waals surface area contributed by atoms with Gasteiger partial charge in [0.2, 0.25) is 0 Å². The lowest BCUT2D eigenvalue weighted by Gasteiger charge is -2.18.